The number of carbonyl (C=O) groups is 1. The number of benzene rings is 1. The number of hydrogen-bond acceptors (Lipinski definition) is 4. The van der Waals surface area contributed by atoms with Crippen LogP contribution in [0.15, 0.2) is 35.4 Å². The van der Waals surface area contributed by atoms with E-state index in [9.17, 15) is 14.7 Å². The summed E-state index contributed by atoms with van der Waals surface area (Å²) in [5.74, 6) is -0.247. The summed E-state index contributed by atoms with van der Waals surface area (Å²) in [6.07, 6.45) is 4.01. The summed E-state index contributed by atoms with van der Waals surface area (Å²) in [6.45, 7) is 0.518. The lowest BCUT2D eigenvalue weighted by Gasteiger charge is -2.29. The fraction of sp³-hybridized carbons (Fsp3) is 0.214. The van der Waals surface area contributed by atoms with Gasteiger partial charge < -0.3 is 15.0 Å². The van der Waals surface area contributed by atoms with Crippen molar-refractivity contribution in [2.24, 2.45) is 0 Å². The zero-order valence-electron chi connectivity index (χ0n) is 10.7. The Hall–Kier alpha value is -2.63. The summed E-state index contributed by atoms with van der Waals surface area (Å²) in [5, 5.41) is 9.99. The van der Waals surface area contributed by atoms with Gasteiger partial charge in [-0.15, -0.1) is 0 Å². The first kappa shape index (κ1) is 12.4. The van der Waals surface area contributed by atoms with Crippen molar-refractivity contribution in [1.29, 1.82) is 0 Å². The molecule has 2 heterocycles. The smallest absolute Gasteiger partial charge is 0.278 e. The maximum atomic E-state index is 12.5. The van der Waals surface area contributed by atoms with E-state index in [4.69, 9.17) is 0 Å². The Morgan fingerprint density at radius 1 is 1.40 bits per heavy atom. The average Bonchev–Trinajstić information content (AvgIpc) is 2.47. The van der Waals surface area contributed by atoms with Gasteiger partial charge in [0, 0.05) is 12.7 Å². The molecule has 0 unspecified atom stereocenters. The van der Waals surface area contributed by atoms with Gasteiger partial charge in [0.2, 0.25) is 0 Å². The number of fused-ring (bicyclic) bond motifs is 1. The Bertz CT molecular complexity index is 703. The lowest BCUT2D eigenvalue weighted by Crippen LogP contribution is -2.36. The van der Waals surface area contributed by atoms with E-state index >= 15 is 0 Å². The van der Waals surface area contributed by atoms with Gasteiger partial charge in [0.25, 0.3) is 11.5 Å². The number of carbonyl (C=O) groups excluding carboxylic acids is 1. The SMILES string of the molecule is O=C(c1c[nH]c(=O)cn1)N1CCCc2cccc(O)c21. The number of para-hydroxylation sites is 1. The van der Waals surface area contributed by atoms with Crippen molar-refractivity contribution in [3.8, 4) is 5.75 Å². The van der Waals surface area contributed by atoms with Crippen LogP contribution in [-0.2, 0) is 6.42 Å². The van der Waals surface area contributed by atoms with Crippen LogP contribution in [-0.4, -0.2) is 27.5 Å². The molecule has 1 aliphatic rings. The number of aromatic amines is 1. The number of hydrogen-bond donors (Lipinski definition) is 2. The van der Waals surface area contributed by atoms with E-state index in [2.05, 4.69) is 9.97 Å². The molecule has 3 rings (SSSR count). The van der Waals surface area contributed by atoms with Crippen LogP contribution in [0.4, 0.5) is 5.69 Å². The molecule has 0 saturated carbocycles. The lowest BCUT2D eigenvalue weighted by molar-refractivity contribution is 0.0979. The molecular formula is C14H13N3O3. The highest BCUT2D eigenvalue weighted by Gasteiger charge is 2.26. The molecule has 1 aliphatic heterocycles. The van der Waals surface area contributed by atoms with Crippen LogP contribution in [0.1, 0.15) is 22.5 Å². The molecule has 2 aromatic rings. The van der Waals surface area contributed by atoms with Gasteiger partial charge in [-0.1, -0.05) is 12.1 Å². The predicted octanol–water partition coefficient (Wildman–Crippen LogP) is 1.07. The number of nitrogens with zero attached hydrogens (tertiary/aromatic N) is 2. The summed E-state index contributed by atoms with van der Waals surface area (Å²) >= 11 is 0. The standard InChI is InChI=1S/C14H13N3O3/c18-11-5-1-3-9-4-2-6-17(13(9)11)14(20)10-7-16-12(19)8-15-10/h1,3,5,7-8,18H,2,4,6H2,(H,16,19). The molecule has 0 fully saturated rings. The molecule has 20 heavy (non-hydrogen) atoms. The van der Waals surface area contributed by atoms with Gasteiger partial charge in [0.1, 0.15) is 11.4 Å². The molecular weight excluding hydrogens is 258 g/mol. The fourth-order valence-electron chi connectivity index (χ4n) is 2.43. The van der Waals surface area contributed by atoms with E-state index in [1.807, 2.05) is 6.07 Å². The number of phenolic OH excluding ortho intramolecular Hbond substituents is 1. The molecule has 102 valence electrons. The Kier molecular flexibility index (Phi) is 2.98. The minimum atomic E-state index is -0.358. The van der Waals surface area contributed by atoms with Gasteiger partial charge in [-0.25, -0.2) is 4.98 Å². The van der Waals surface area contributed by atoms with Gasteiger partial charge in [0.05, 0.1) is 11.9 Å². The summed E-state index contributed by atoms with van der Waals surface area (Å²) in [5.41, 5.74) is 1.27. The first-order valence-electron chi connectivity index (χ1n) is 6.34. The third kappa shape index (κ3) is 2.05. The van der Waals surface area contributed by atoms with Crippen molar-refractivity contribution in [3.63, 3.8) is 0 Å². The van der Waals surface area contributed by atoms with Crippen LogP contribution >= 0.6 is 0 Å². The quantitative estimate of drug-likeness (QED) is 0.812. The third-order valence-electron chi connectivity index (χ3n) is 3.33. The molecule has 1 aromatic heterocycles. The van der Waals surface area contributed by atoms with E-state index in [-0.39, 0.29) is 22.9 Å². The molecule has 1 amide bonds. The zero-order valence-corrected chi connectivity index (χ0v) is 10.7. The summed E-state index contributed by atoms with van der Waals surface area (Å²) < 4.78 is 0. The van der Waals surface area contributed by atoms with Crippen molar-refractivity contribution < 1.29 is 9.90 Å². The normalized spacial score (nSPS) is 13.9. The topological polar surface area (TPSA) is 86.3 Å². The molecule has 0 radical (unpaired) electrons. The lowest BCUT2D eigenvalue weighted by atomic mass is 10.0. The van der Waals surface area contributed by atoms with Crippen molar-refractivity contribution in [3.05, 3.63) is 52.2 Å². The highest BCUT2D eigenvalue weighted by Crippen LogP contribution is 2.35. The molecule has 1 aromatic carbocycles. The second-order valence-electron chi connectivity index (χ2n) is 4.64. The van der Waals surface area contributed by atoms with Gasteiger partial charge in [0.15, 0.2) is 0 Å². The third-order valence-corrected chi connectivity index (χ3v) is 3.33. The van der Waals surface area contributed by atoms with Crippen LogP contribution in [0.25, 0.3) is 0 Å². The second-order valence-corrected chi connectivity index (χ2v) is 4.64. The number of aromatic nitrogens is 2. The van der Waals surface area contributed by atoms with E-state index in [0.29, 0.717) is 12.2 Å². The number of anilines is 1. The number of aromatic hydroxyl groups is 1. The first-order valence-corrected chi connectivity index (χ1v) is 6.34. The largest absolute Gasteiger partial charge is 0.506 e. The van der Waals surface area contributed by atoms with E-state index in [0.717, 1.165) is 24.6 Å². The van der Waals surface area contributed by atoms with E-state index < -0.39 is 0 Å². The number of aryl methyl sites for hydroxylation is 1. The maximum Gasteiger partial charge on any atom is 0.278 e. The summed E-state index contributed by atoms with van der Waals surface area (Å²) in [6, 6.07) is 5.22. The van der Waals surface area contributed by atoms with Crippen LogP contribution in [0.3, 0.4) is 0 Å². The fourth-order valence-corrected chi connectivity index (χ4v) is 2.43. The molecule has 6 nitrogen and oxygen atoms in total. The van der Waals surface area contributed by atoms with Gasteiger partial charge >= 0.3 is 0 Å². The summed E-state index contributed by atoms with van der Waals surface area (Å²) in [4.78, 5) is 31.2. The number of nitrogens with one attached hydrogen (secondary N) is 1. The van der Waals surface area contributed by atoms with Gasteiger partial charge in [-0.3, -0.25) is 9.59 Å². The molecule has 0 aliphatic carbocycles. The van der Waals surface area contributed by atoms with Crippen molar-refractivity contribution >= 4 is 11.6 Å². The van der Waals surface area contributed by atoms with Crippen LogP contribution < -0.4 is 10.5 Å². The summed E-state index contributed by atoms with van der Waals surface area (Å²) in [7, 11) is 0. The van der Waals surface area contributed by atoms with Gasteiger partial charge in [-0.2, -0.15) is 0 Å². The zero-order chi connectivity index (χ0) is 14.1. The number of rotatable bonds is 1. The van der Waals surface area contributed by atoms with E-state index in [1.54, 1.807) is 12.1 Å². The first-order chi connectivity index (χ1) is 9.66. The highest BCUT2D eigenvalue weighted by atomic mass is 16.3. The highest BCUT2D eigenvalue weighted by molar-refractivity contribution is 6.06. The molecule has 6 heteroatoms. The molecule has 0 bridgehead atoms. The van der Waals surface area contributed by atoms with Gasteiger partial charge in [-0.05, 0) is 24.5 Å². The average molecular weight is 271 g/mol. The monoisotopic (exact) mass is 271 g/mol. The second kappa shape index (κ2) is 4.80. The Balaban J connectivity index is 2.02. The molecule has 0 atom stereocenters. The van der Waals surface area contributed by atoms with Crippen LogP contribution in [0.5, 0.6) is 5.75 Å². The maximum absolute atomic E-state index is 12.5. The minimum absolute atomic E-state index is 0.0833. The Morgan fingerprint density at radius 3 is 3.00 bits per heavy atom. The molecule has 2 N–H and O–H groups in total. The minimum Gasteiger partial charge on any atom is -0.506 e. The molecule has 0 spiro atoms. The van der Waals surface area contributed by atoms with Crippen molar-refractivity contribution in [1.82, 2.24) is 9.97 Å². The van der Waals surface area contributed by atoms with Crippen molar-refractivity contribution in [2.45, 2.75) is 12.8 Å². The van der Waals surface area contributed by atoms with Crippen LogP contribution in [0, 0.1) is 0 Å². The predicted molar refractivity (Wildman–Crippen MR) is 73.0 cm³/mol. The molecule has 0 saturated heterocycles. The number of H-pyrrole nitrogens is 1. The van der Waals surface area contributed by atoms with Crippen LogP contribution in [0.2, 0.25) is 0 Å². The Labute approximate surface area is 114 Å². The number of phenols is 1. The number of amides is 1. The van der Waals surface area contributed by atoms with E-state index in [1.165, 1.54) is 11.1 Å². The van der Waals surface area contributed by atoms with Crippen molar-refractivity contribution in [2.75, 3.05) is 11.4 Å². The Morgan fingerprint density at radius 2 is 2.25 bits per heavy atom.